The van der Waals surface area contributed by atoms with Crippen molar-refractivity contribution in [1.29, 1.82) is 0 Å². The number of nitrogens with zero attached hydrogens (tertiary/aromatic N) is 3. The van der Waals surface area contributed by atoms with Crippen molar-refractivity contribution in [3.63, 3.8) is 0 Å². The molecule has 0 fully saturated rings. The van der Waals surface area contributed by atoms with E-state index in [0.29, 0.717) is 18.1 Å². The molecular formula is C10H14N6O. The van der Waals surface area contributed by atoms with Crippen molar-refractivity contribution in [1.82, 2.24) is 25.3 Å². The van der Waals surface area contributed by atoms with Gasteiger partial charge in [0, 0.05) is 24.8 Å². The van der Waals surface area contributed by atoms with Crippen molar-refractivity contribution >= 4 is 11.7 Å². The number of nitrogens with two attached hydrogens (primary N) is 1. The van der Waals surface area contributed by atoms with E-state index in [-0.39, 0.29) is 5.91 Å². The number of hydrogen-bond donors (Lipinski definition) is 3. The lowest BCUT2D eigenvalue weighted by Gasteiger charge is -2.02. The highest BCUT2D eigenvalue weighted by molar-refractivity contribution is 5.92. The minimum atomic E-state index is -0.238. The van der Waals surface area contributed by atoms with E-state index in [1.165, 1.54) is 0 Å². The third kappa shape index (κ3) is 2.27. The summed E-state index contributed by atoms with van der Waals surface area (Å²) in [6.45, 7) is 2.17. The summed E-state index contributed by atoms with van der Waals surface area (Å²) in [4.78, 5) is 11.7. The fourth-order valence-corrected chi connectivity index (χ4v) is 1.43. The van der Waals surface area contributed by atoms with Gasteiger partial charge in [-0.25, -0.2) is 0 Å². The first-order valence-electron chi connectivity index (χ1n) is 5.14. The van der Waals surface area contributed by atoms with Crippen molar-refractivity contribution in [3.05, 3.63) is 29.2 Å². The topological polar surface area (TPSA) is 102 Å². The molecule has 7 nitrogen and oxygen atoms in total. The first-order chi connectivity index (χ1) is 8.08. The summed E-state index contributed by atoms with van der Waals surface area (Å²) in [5, 5.41) is 13.3. The molecule has 0 aliphatic heterocycles. The Labute approximate surface area is 98.0 Å². The molecule has 7 heteroatoms. The van der Waals surface area contributed by atoms with Gasteiger partial charge in [0.15, 0.2) is 0 Å². The van der Waals surface area contributed by atoms with E-state index in [4.69, 9.17) is 5.73 Å². The van der Waals surface area contributed by atoms with Crippen molar-refractivity contribution in [2.45, 2.75) is 13.5 Å². The Kier molecular flexibility index (Phi) is 2.82. The summed E-state index contributed by atoms with van der Waals surface area (Å²) >= 11 is 0. The molecular weight excluding hydrogens is 220 g/mol. The number of carbonyl (C=O) groups is 1. The van der Waals surface area contributed by atoms with E-state index < -0.39 is 0 Å². The van der Waals surface area contributed by atoms with Crippen LogP contribution in [0.2, 0.25) is 0 Å². The molecule has 0 spiro atoms. The number of H-pyrrole nitrogens is 1. The monoisotopic (exact) mass is 234 g/mol. The van der Waals surface area contributed by atoms with Crippen LogP contribution in [0.1, 0.15) is 21.7 Å². The van der Waals surface area contributed by atoms with Crippen molar-refractivity contribution in [2.24, 2.45) is 7.05 Å². The molecule has 1 amide bonds. The van der Waals surface area contributed by atoms with E-state index >= 15 is 0 Å². The van der Waals surface area contributed by atoms with Gasteiger partial charge in [0.25, 0.3) is 5.91 Å². The zero-order chi connectivity index (χ0) is 12.4. The fourth-order valence-electron chi connectivity index (χ4n) is 1.43. The Balaban J connectivity index is 1.99. The first kappa shape index (κ1) is 11.2. The summed E-state index contributed by atoms with van der Waals surface area (Å²) in [5.41, 5.74) is 7.75. The van der Waals surface area contributed by atoms with Crippen LogP contribution in [-0.2, 0) is 13.6 Å². The number of aryl methyl sites for hydroxylation is 2. The van der Waals surface area contributed by atoms with Crippen LogP contribution in [0.25, 0.3) is 0 Å². The molecule has 2 rings (SSSR count). The van der Waals surface area contributed by atoms with Crippen LogP contribution in [0.5, 0.6) is 0 Å². The summed E-state index contributed by atoms with van der Waals surface area (Å²) in [5.74, 6) is 0.307. The largest absolute Gasteiger partial charge is 0.384 e. The molecule has 0 aromatic carbocycles. The molecule has 4 N–H and O–H groups in total. The number of nitrogens with one attached hydrogen (secondary N) is 2. The lowest BCUT2D eigenvalue weighted by Crippen LogP contribution is -2.23. The van der Waals surface area contributed by atoms with Gasteiger partial charge in [-0.1, -0.05) is 0 Å². The van der Waals surface area contributed by atoms with Gasteiger partial charge in [-0.15, -0.1) is 0 Å². The van der Waals surface area contributed by atoms with E-state index in [1.807, 2.05) is 6.92 Å². The summed E-state index contributed by atoms with van der Waals surface area (Å²) < 4.78 is 1.56. The van der Waals surface area contributed by atoms with Crippen molar-refractivity contribution in [3.8, 4) is 0 Å². The molecule has 17 heavy (non-hydrogen) atoms. The molecule has 0 aliphatic carbocycles. The maximum atomic E-state index is 11.7. The molecule has 2 aromatic heterocycles. The number of carbonyl (C=O) groups excluding carboxylic acids is 1. The number of aromatic nitrogens is 4. The molecule has 2 heterocycles. The van der Waals surface area contributed by atoms with Gasteiger partial charge in [0.1, 0.15) is 11.5 Å². The second-order valence-electron chi connectivity index (χ2n) is 3.80. The molecule has 0 saturated carbocycles. The minimum absolute atomic E-state index is 0.238. The summed E-state index contributed by atoms with van der Waals surface area (Å²) in [6.07, 6.45) is 1.63. The fraction of sp³-hybridized carbons (Fsp3) is 0.300. The number of aromatic amines is 1. The van der Waals surface area contributed by atoms with Gasteiger partial charge in [0.05, 0.1) is 6.20 Å². The summed E-state index contributed by atoms with van der Waals surface area (Å²) in [7, 11) is 1.75. The molecule has 2 aromatic rings. The van der Waals surface area contributed by atoms with Gasteiger partial charge in [-0.3, -0.25) is 14.6 Å². The normalized spacial score (nSPS) is 10.5. The Morgan fingerprint density at radius 3 is 2.94 bits per heavy atom. The number of rotatable bonds is 3. The zero-order valence-electron chi connectivity index (χ0n) is 9.69. The SMILES string of the molecule is Cc1cc(C(=O)NCc2cnn(C)c2N)n[nH]1. The van der Waals surface area contributed by atoms with Crippen molar-refractivity contribution in [2.75, 3.05) is 5.73 Å². The second-order valence-corrected chi connectivity index (χ2v) is 3.80. The van der Waals surface area contributed by atoms with Gasteiger partial charge in [-0.05, 0) is 13.0 Å². The number of anilines is 1. The molecule has 90 valence electrons. The smallest absolute Gasteiger partial charge is 0.272 e. The van der Waals surface area contributed by atoms with Gasteiger partial charge >= 0.3 is 0 Å². The van der Waals surface area contributed by atoms with Crippen molar-refractivity contribution < 1.29 is 4.79 Å². The van der Waals surface area contributed by atoms with Crippen LogP contribution in [0.4, 0.5) is 5.82 Å². The predicted octanol–water partition coefficient (Wildman–Crippen LogP) is -0.0362. The van der Waals surface area contributed by atoms with Crippen LogP contribution in [0.15, 0.2) is 12.3 Å². The van der Waals surface area contributed by atoms with Gasteiger partial charge in [0.2, 0.25) is 0 Å². The molecule has 0 atom stereocenters. The van der Waals surface area contributed by atoms with Crippen LogP contribution >= 0.6 is 0 Å². The predicted molar refractivity (Wildman–Crippen MR) is 62.1 cm³/mol. The third-order valence-electron chi connectivity index (χ3n) is 2.44. The third-order valence-corrected chi connectivity index (χ3v) is 2.44. The lowest BCUT2D eigenvalue weighted by atomic mass is 10.3. The highest BCUT2D eigenvalue weighted by atomic mass is 16.1. The standard InChI is InChI=1S/C10H14N6O/c1-6-3-8(15-14-6)10(17)12-4-7-5-13-16(2)9(7)11/h3,5H,4,11H2,1-2H3,(H,12,17)(H,14,15). The average molecular weight is 234 g/mol. The minimum Gasteiger partial charge on any atom is -0.384 e. The Hall–Kier alpha value is -2.31. The van der Waals surface area contributed by atoms with Crippen LogP contribution in [0, 0.1) is 6.92 Å². The lowest BCUT2D eigenvalue weighted by molar-refractivity contribution is 0.0946. The van der Waals surface area contributed by atoms with Gasteiger partial charge in [-0.2, -0.15) is 10.2 Å². The number of nitrogen functional groups attached to an aromatic ring is 1. The average Bonchev–Trinajstić information content (AvgIpc) is 2.86. The van der Waals surface area contributed by atoms with E-state index in [9.17, 15) is 4.79 Å². The summed E-state index contributed by atoms with van der Waals surface area (Å²) in [6, 6.07) is 1.68. The van der Waals surface area contributed by atoms with E-state index in [0.717, 1.165) is 11.3 Å². The number of amides is 1. The van der Waals surface area contributed by atoms with Crippen LogP contribution in [-0.4, -0.2) is 25.9 Å². The maximum absolute atomic E-state index is 11.7. The zero-order valence-corrected chi connectivity index (χ0v) is 9.69. The maximum Gasteiger partial charge on any atom is 0.272 e. The molecule has 0 saturated heterocycles. The highest BCUT2D eigenvalue weighted by Gasteiger charge is 2.10. The van der Waals surface area contributed by atoms with Crippen LogP contribution in [0.3, 0.4) is 0 Å². The molecule has 0 aliphatic rings. The highest BCUT2D eigenvalue weighted by Crippen LogP contribution is 2.08. The molecule has 0 bridgehead atoms. The second kappa shape index (κ2) is 4.28. The Morgan fingerprint density at radius 1 is 1.65 bits per heavy atom. The molecule has 0 radical (unpaired) electrons. The Bertz CT molecular complexity index is 541. The Morgan fingerprint density at radius 2 is 2.41 bits per heavy atom. The van der Waals surface area contributed by atoms with E-state index in [1.54, 1.807) is 24.0 Å². The quantitative estimate of drug-likeness (QED) is 0.693. The van der Waals surface area contributed by atoms with Gasteiger partial charge < -0.3 is 11.1 Å². The van der Waals surface area contributed by atoms with Crippen LogP contribution < -0.4 is 11.1 Å². The first-order valence-corrected chi connectivity index (χ1v) is 5.14. The van der Waals surface area contributed by atoms with E-state index in [2.05, 4.69) is 20.6 Å². The number of hydrogen-bond acceptors (Lipinski definition) is 4. The molecule has 0 unspecified atom stereocenters.